The van der Waals surface area contributed by atoms with Crippen molar-refractivity contribution < 1.29 is 17.1 Å². The van der Waals surface area contributed by atoms with E-state index < -0.39 is 0 Å². The first-order valence-electron chi connectivity index (χ1n) is 4.11. The third-order valence-corrected chi connectivity index (χ3v) is 1.60. The van der Waals surface area contributed by atoms with E-state index in [9.17, 15) is 0 Å². The maximum atomic E-state index is 3.95. The minimum atomic E-state index is 0. The quantitative estimate of drug-likeness (QED) is 0.385. The van der Waals surface area contributed by atoms with Gasteiger partial charge in [0, 0.05) is 17.1 Å². The van der Waals surface area contributed by atoms with Crippen LogP contribution in [0.25, 0.3) is 0 Å². The van der Waals surface area contributed by atoms with Gasteiger partial charge in [0.15, 0.2) is 0 Å². The second-order valence-electron chi connectivity index (χ2n) is 2.64. The Kier molecular flexibility index (Phi) is 4.73. The van der Waals surface area contributed by atoms with Gasteiger partial charge in [0.2, 0.25) is 0 Å². The van der Waals surface area contributed by atoms with Crippen LogP contribution in [0.5, 0.6) is 0 Å². The molecule has 0 aromatic rings. The van der Waals surface area contributed by atoms with Crippen molar-refractivity contribution in [1.29, 1.82) is 0 Å². The number of nitrogens with zero attached hydrogens (tertiary/aromatic N) is 6. The van der Waals surface area contributed by atoms with Gasteiger partial charge < -0.3 is 0 Å². The van der Waals surface area contributed by atoms with Crippen molar-refractivity contribution in [3.05, 3.63) is 0 Å². The predicted octanol–water partition coefficient (Wildman–Crippen LogP) is 0.00630. The van der Waals surface area contributed by atoms with Crippen LogP contribution in [0.1, 0.15) is 0 Å². The molecule has 0 fully saturated rings. The molecule has 2 rings (SSSR count). The number of aliphatic imine (C=N–C) groups is 4. The zero-order chi connectivity index (χ0) is 9.64. The molecular weight excluding hydrogens is 244 g/mol. The average molecular weight is 252 g/mol. The normalized spacial score (nSPS) is 18.7. The zero-order valence-electron chi connectivity index (χ0n) is 7.71. The molecule has 0 saturated carbocycles. The Morgan fingerprint density at radius 3 is 1.73 bits per heavy atom. The summed E-state index contributed by atoms with van der Waals surface area (Å²) in [5.74, 6) is 0. The number of rotatable bonds is 3. The van der Waals surface area contributed by atoms with Crippen LogP contribution in [0.15, 0.2) is 30.2 Å². The Morgan fingerprint density at radius 2 is 1.40 bits per heavy atom. The predicted molar refractivity (Wildman–Crippen MR) is 58.6 cm³/mol. The van der Waals surface area contributed by atoms with E-state index in [1.165, 1.54) is 12.7 Å². The second kappa shape index (κ2) is 6.10. The summed E-state index contributed by atoms with van der Waals surface area (Å²) < 4.78 is 0. The first kappa shape index (κ1) is 11.6. The SMILES string of the molecule is C1=NCC(C=NN=CC2=NC=NC2)=N1.[Cu]. The summed E-state index contributed by atoms with van der Waals surface area (Å²) in [5, 5.41) is 7.63. The summed E-state index contributed by atoms with van der Waals surface area (Å²) in [7, 11) is 0. The first-order valence-corrected chi connectivity index (χ1v) is 4.11. The van der Waals surface area contributed by atoms with Crippen molar-refractivity contribution in [2.45, 2.75) is 0 Å². The fraction of sp³-hybridized carbons (Fsp3) is 0.250. The molecule has 0 spiro atoms. The molecule has 0 aliphatic carbocycles. The largest absolute Gasteiger partial charge is 0.267 e. The van der Waals surface area contributed by atoms with Crippen molar-refractivity contribution in [1.82, 2.24) is 0 Å². The van der Waals surface area contributed by atoms with Crippen molar-refractivity contribution in [3.8, 4) is 0 Å². The Bertz CT molecular complexity index is 352. The van der Waals surface area contributed by atoms with E-state index in [-0.39, 0.29) is 17.1 Å². The van der Waals surface area contributed by atoms with Crippen LogP contribution in [0.4, 0.5) is 0 Å². The van der Waals surface area contributed by atoms with E-state index in [2.05, 4.69) is 30.2 Å². The smallest absolute Gasteiger partial charge is 0.110 e. The molecule has 81 valence electrons. The van der Waals surface area contributed by atoms with Crippen molar-refractivity contribution in [2.24, 2.45) is 30.2 Å². The third-order valence-electron chi connectivity index (χ3n) is 1.60. The molecule has 7 heteroatoms. The van der Waals surface area contributed by atoms with Gasteiger partial charge in [-0.25, -0.2) is 9.98 Å². The third kappa shape index (κ3) is 3.65. The van der Waals surface area contributed by atoms with Crippen LogP contribution < -0.4 is 0 Å². The summed E-state index contributed by atoms with van der Waals surface area (Å²) in [5.41, 5.74) is 1.62. The van der Waals surface area contributed by atoms with Gasteiger partial charge in [0.05, 0.1) is 36.9 Å². The van der Waals surface area contributed by atoms with Gasteiger partial charge in [-0.1, -0.05) is 0 Å². The van der Waals surface area contributed by atoms with Crippen LogP contribution in [-0.4, -0.2) is 49.6 Å². The van der Waals surface area contributed by atoms with Gasteiger partial charge in [-0.3, -0.25) is 9.98 Å². The minimum absolute atomic E-state index is 0. The second-order valence-corrected chi connectivity index (χ2v) is 2.64. The maximum absolute atomic E-state index is 3.95. The minimum Gasteiger partial charge on any atom is -0.267 e. The zero-order valence-corrected chi connectivity index (χ0v) is 8.65. The van der Waals surface area contributed by atoms with Crippen molar-refractivity contribution in [3.63, 3.8) is 0 Å². The van der Waals surface area contributed by atoms with E-state index in [1.54, 1.807) is 12.4 Å². The fourth-order valence-electron chi connectivity index (χ4n) is 0.929. The molecule has 2 aliphatic heterocycles. The van der Waals surface area contributed by atoms with E-state index in [4.69, 9.17) is 0 Å². The standard InChI is InChI=1S/C8H8N6.Cu/c1-7(11-5-9-1)3-13-14-4-8-2-10-6-12-8;/h3-6H,1-2H2;. The van der Waals surface area contributed by atoms with Gasteiger partial charge in [0.1, 0.15) is 12.7 Å². The van der Waals surface area contributed by atoms with Crippen LogP contribution in [0.2, 0.25) is 0 Å². The van der Waals surface area contributed by atoms with E-state index in [1.807, 2.05) is 0 Å². The molecule has 0 aromatic heterocycles. The van der Waals surface area contributed by atoms with Crippen LogP contribution >= 0.6 is 0 Å². The fourth-order valence-corrected chi connectivity index (χ4v) is 0.929. The van der Waals surface area contributed by atoms with Gasteiger partial charge >= 0.3 is 0 Å². The molecule has 0 amide bonds. The Balaban J connectivity index is 0.00000112. The molecule has 0 bridgehead atoms. The summed E-state index contributed by atoms with van der Waals surface area (Å²) in [6, 6.07) is 0. The number of hydrogen-bond donors (Lipinski definition) is 0. The summed E-state index contributed by atoms with van der Waals surface area (Å²) in [6.07, 6.45) is 6.19. The van der Waals surface area contributed by atoms with Crippen LogP contribution in [0.3, 0.4) is 0 Å². The molecule has 0 aromatic carbocycles. The molecule has 0 saturated heterocycles. The van der Waals surface area contributed by atoms with Crippen molar-refractivity contribution in [2.75, 3.05) is 13.1 Å². The van der Waals surface area contributed by atoms with E-state index in [0.717, 1.165) is 11.4 Å². The summed E-state index contributed by atoms with van der Waals surface area (Å²) in [4.78, 5) is 15.7. The molecule has 0 N–H and O–H groups in total. The van der Waals surface area contributed by atoms with E-state index >= 15 is 0 Å². The van der Waals surface area contributed by atoms with Crippen LogP contribution in [0, 0.1) is 0 Å². The topological polar surface area (TPSA) is 74.2 Å². The molecular formula is C8H8CuN6. The summed E-state index contributed by atoms with van der Waals surface area (Å²) >= 11 is 0. The van der Waals surface area contributed by atoms with Gasteiger partial charge in [-0.2, -0.15) is 10.2 Å². The monoisotopic (exact) mass is 251 g/mol. The first-order chi connectivity index (χ1) is 6.95. The summed E-state index contributed by atoms with van der Waals surface area (Å²) in [6.45, 7) is 1.17. The van der Waals surface area contributed by atoms with Gasteiger partial charge in [-0.15, -0.1) is 0 Å². The van der Waals surface area contributed by atoms with Crippen molar-refractivity contribution >= 4 is 36.5 Å². The van der Waals surface area contributed by atoms with Gasteiger partial charge in [0.25, 0.3) is 0 Å². The molecule has 0 atom stereocenters. The Labute approximate surface area is 97.2 Å². The molecule has 15 heavy (non-hydrogen) atoms. The Hall–Kier alpha value is -1.46. The van der Waals surface area contributed by atoms with E-state index in [0.29, 0.717) is 13.1 Å². The van der Waals surface area contributed by atoms with Crippen LogP contribution in [-0.2, 0) is 17.1 Å². The molecule has 6 nitrogen and oxygen atoms in total. The Morgan fingerprint density at radius 1 is 0.933 bits per heavy atom. The maximum Gasteiger partial charge on any atom is 0.110 e. The molecule has 2 aliphatic rings. The molecule has 2 heterocycles. The van der Waals surface area contributed by atoms with Gasteiger partial charge in [-0.05, 0) is 0 Å². The molecule has 1 radical (unpaired) electrons. The number of hydrogen-bond acceptors (Lipinski definition) is 6. The molecule has 0 unspecified atom stereocenters. The average Bonchev–Trinajstić information content (AvgIpc) is 2.86.